The summed E-state index contributed by atoms with van der Waals surface area (Å²) in [6, 6.07) is 0. The molecule has 1 rings (SSSR count). The van der Waals surface area contributed by atoms with Gasteiger partial charge in [0, 0.05) is 7.05 Å². The van der Waals surface area contributed by atoms with Crippen molar-refractivity contribution in [3.05, 3.63) is 6.20 Å². The van der Waals surface area contributed by atoms with Gasteiger partial charge in [-0.3, -0.25) is 4.90 Å². The third-order valence-electron chi connectivity index (χ3n) is 1.41. The Balaban J connectivity index is 2.63. The van der Waals surface area contributed by atoms with E-state index in [1.807, 2.05) is 20.8 Å². The zero-order valence-corrected chi connectivity index (χ0v) is 8.74. The van der Waals surface area contributed by atoms with Gasteiger partial charge < -0.3 is 4.74 Å². The van der Waals surface area contributed by atoms with Crippen molar-refractivity contribution in [2.24, 2.45) is 0 Å². The van der Waals surface area contributed by atoms with E-state index in [0.717, 1.165) is 0 Å². The number of ether oxygens (including phenoxy) is 1. The second kappa shape index (κ2) is 3.65. The molecular weight excluding hydrogens is 184 g/mol. The van der Waals surface area contributed by atoms with E-state index in [9.17, 15) is 4.79 Å². The number of carbonyl (C=O) groups excluding carboxylic acids is 1. The highest BCUT2D eigenvalue weighted by Gasteiger charge is 2.21. The van der Waals surface area contributed by atoms with Gasteiger partial charge >= 0.3 is 6.09 Å². The van der Waals surface area contributed by atoms with Gasteiger partial charge in [0.15, 0.2) is 5.82 Å². The van der Waals surface area contributed by atoms with Gasteiger partial charge in [0.2, 0.25) is 0 Å². The summed E-state index contributed by atoms with van der Waals surface area (Å²) in [6.07, 6.45) is 0.996. The zero-order chi connectivity index (χ0) is 10.8. The first-order valence-corrected chi connectivity index (χ1v) is 4.22. The number of rotatable bonds is 1. The van der Waals surface area contributed by atoms with Crippen LogP contribution in [-0.4, -0.2) is 34.2 Å². The molecule has 0 atom stereocenters. The highest BCUT2D eigenvalue weighted by Crippen LogP contribution is 2.12. The summed E-state index contributed by atoms with van der Waals surface area (Å²) in [5.74, 6) is 0.430. The largest absolute Gasteiger partial charge is 0.443 e. The van der Waals surface area contributed by atoms with Crippen LogP contribution in [0.5, 0.6) is 0 Å². The quantitative estimate of drug-likeness (QED) is 0.735. The van der Waals surface area contributed by atoms with Gasteiger partial charge in [-0.1, -0.05) is 0 Å². The van der Waals surface area contributed by atoms with E-state index in [2.05, 4.69) is 15.4 Å². The number of anilines is 1. The molecule has 0 fully saturated rings. The molecule has 1 heterocycles. The van der Waals surface area contributed by atoms with Crippen LogP contribution in [-0.2, 0) is 4.74 Å². The van der Waals surface area contributed by atoms with Crippen molar-refractivity contribution < 1.29 is 9.53 Å². The molecule has 0 saturated heterocycles. The Morgan fingerprint density at radius 3 is 2.64 bits per heavy atom. The van der Waals surface area contributed by atoms with Crippen LogP contribution in [0.2, 0.25) is 0 Å². The van der Waals surface area contributed by atoms with Gasteiger partial charge in [0.1, 0.15) is 5.60 Å². The summed E-state index contributed by atoms with van der Waals surface area (Å²) in [7, 11) is 1.58. The molecular formula is C8H14N4O2. The van der Waals surface area contributed by atoms with E-state index in [-0.39, 0.29) is 0 Å². The molecule has 1 aromatic rings. The van der Waals surface area contributed by atoms with Crippen molar-refractivity contribution >= 4 is 11.9 Å². The van der Waals surface area contributed by atoms with Crippen LogP contribution in [0, 0.1) is 0 Å². The zero-order valence-electron chi connectivity index (χ0n) is 8.74. The van der Waals surface area contributed by atoms with Crippen LogP contribution in [0.4, 0.5) is 10.6 Å². The fourth-order valence-corrected chi connectivity index (χ4v) is 0.781. The molecule has 0 unspecified atom stereocenters. The summed E-state index contributed by atoms with van der Waals surface area (Å²) in [5.41, 5.74) is -0.505. The predicted molar refractivity (Wildman–Crippen MR) is 51.0 cm³/mol. The monoisotopic (exact) mass is 198 g/mol. The molecule has 0 radical (unpaired) electrons. The van der Waals surface area contributed by atoms with Crippen molar-refractivity contribution in [3.63, 3.8) is 0 Å². The molecule has 0 aliphatic rings. The first-order valence-electron chi connectivity index (χ1n) is 4.22. The minimum atomic E-state index is -0.505. The van der Waals surface area contributed by atoms with E-state index in [4.69, 9.17) is 4.74 Å². The van der Waals surface area contributed by atoms with Crippen LogP contribution >= 0.6 is 0 Å². The molecule has 0 spiro atoms. The molecule has 14 heavy (non-hydrogen) atoms. The second-order valence-electron chi connectivity index (χ2n) is 3.87. The number of nitrogens with one attached hydrogen (secondary N) is 1. The third kappa shape index (κ3) is 2.72. The molecule has 0 saturated carbocycles. The van der Waals surface area contributed by atoms with E-state index < -0.39 is 11.7 Å². The number of H-pyrrole nitrogens is 1. The highest BCUT2D eigenvalue weighted by molar-refractivity contribution is 5.85. The number of nitrogens with zero attached hydrogens (tertiary/aromatic N) is 3. The molecule has 1 aromatic heterocycles. The molecule has 6 nitrogen and oxygen atoms in total. The Bertz CT molecular complexity index is 302. The number of amides is 1. The molecule has 1 N–H and O–H groups in total. The maximum atomic E-state index is 11.5. The van der Waals surface area contributed by atoms with Gasteiger partial charge in [-0.15, -0.1) is 5.10 Å². The lowest BCUT2D eigenvalue weighted by Crippen LogP contribution is -2.34. The Hall–Kier alpha value is -1.59. The summed E-state index contributed by atoms with van der Waals surface area (Å²) in [5, 5.41) is 9.77. The first-order chi connectivity index (χ1) is 6.40. The van der Waals surface area contributed by atoms with Crippen molar-refractivity contribution in [2.45, 2.75) is 26.4 Å². The number of aromatic nitrogens is 3. The number of hydrogen-bond acceptors (Lipinski definition) is 4. The van der Waals surface area contributed by atoms with Crippen molar-refractivity contribution in [1.29, 1.82) is 0 Å². The lowest BCUT2D eigenvalue weighted by atomic mass is 10.2. The maximum absolute atomic E-state index is 11.5. The average Bonchev–Trinajstić information content (AvgIpc) is 2.51. The molecule has 0 aliphatic carbocycles. The topological polar surface area (TPSA) is 71.1 Å². The Morgan fingerprint density at radius 1 is 1.57 bits per heavy atom. The summed E-state index contributed by atoms with van der Waals surface area (Å²) >= 11 is 0. The lowest BCUT2D eigenvalue weighted by Gasteiger charge is -2.23. The van der Waals surface area contributed by atoms with E-state index in [1.54, 1.807) is 7.05 Å². The highest BCUT2D eigenvalue weighted by atomic mass is 16.6. The van der Waals surface area contributed by atoms with Crippen LogP contribution in [0.1, 0.15) is 20.8 Å². The molecule has 6 heteroatoms. The fraction of sp³-hybridized carbons (Fsp3) is 0.625. The standard InChI is InChI=1S/C8H14N4O2/c1-8(2,3)14-7(13)12(4)6-5-9-11-10-6/h5H,1-4H3,(H,9,10,11). The SMILES string of the molecule is CN(C(=O)OC(C)(C)C)c1cn[nH]n1. The Kier molecular flexibility index (Phi) is 2.73. The summed E-state index contributed by atoms with van der Waals surface area (Å²) < 4.78 is 5.13. The number of aromatic amines is 1. The third-order valence-corrected chi connectivity index (χ3v) is 1.41. The number of hydrogen-bond donors (Lipinski definition) is 1. The van der Waals surface area contributed by atoms with Crippen LogP contribution in [0.3, 0.4) is 0 Å². The van der Waals surface area contributed by atoms with E-state index in [1.165, 1.54) is 11.1 Å². The van der Waals surface area contributed by atoms with Crippen molar-refractivity contribution in [2.75, 3.05) is 11.9 Å². The van der Waals surface area contributed by atoms with Gasteiger partial charge in [-0.25, -0.2) is 4.79 Å². The van der Waals surface area contributed by atoms with Gasteiger partial charge in [-0.05, 0) is 20.8 Å². The molecule has 1 amide bonds. The van der Waals surface area contributed by atoms with Crippen LogP contribution < -0.4 is 4.90 Å². The van der Waals surface area contributed by atoms with Gasteiger partial charge in [-0.2, -0.15) is 10.3 Å². The van der Waals surface area contributed by atoms with E-state index >= 15 is 0 Å². The second-order valence-corrected chi connectivity index (χ2v) is 3.87. The van der Waals surface area contributed by atoms with Crippen LogP contribution in [0.15, 0.2) is 6.20 Å². The minimum Gasteiger partial charge on any atom is -0.443 e. The van der Waals surface area contributed by atoms with Gasteiger partial charge in [0.05, 0.1) is 6.20 Å². The molecule has 0 aromatic carbocycles. The van der Waals surface area contributed by atoms with Crippen molar-refractivity contribution in [1.82, 2.24) is 15.4 Å². The maximum Gasteiger partial charge on any atom is 0.415 e. The van der Waals surface area contributed by atoms with Crippen molar-refractivity contribution in [3.8, 4) is 0 Å². The van der Waals surface area contributed by atoms with E-state index in [0.29, 0.717) is 5.82 Å². The van der Waals surface area contributed by atoms with Gasteiger partial charge in [0.25, 0.3) is 0 Å². The lowest BCUT2D eigenvalue weighted by molar-refractivity contribution is 0.0588. The smallest absolute Gasteiger partial charge is 0.415 e. The average molecular weight is 198 g/mol. The summed E-state index contributed by atoms with van der Waals surface area (Å²) in [6.45, 7) is 5.42. The first kappa shape index (κ1) is 10.5. The fourth-order valence-electron chi connectivity index (χ4n) is 0.781. The normalized spacial score (nSPS) is 11.1. The Labute approximate surface area is 82.2 Å². The predicted octanol–water partition coefficient (Wildman–Crippen LogP) is 1.18. The minimum absolute atomic E-state index is 0.430. The summed E-state index contributed by atoms with van der Waals surface area (Å²) in [4.78, 5) is 12.8. The Morgan fingerprint density at radius 2 is 2.21 bits per heavy atom. The molecule has 0 bridgehead atoms. The number of carbonyl (C=O) groups is 1. The molecule has 78 valence electrons. The molecule has 0 aliphatic heterocycles. The van der Waals surface area contributed by atoms with Crippen LogP contribution in [0.25, 0.3) is 0 Å².